The molecule has 3 N–H and O–H groups in total. The summed E-state index contributed by atoms with van der Waals surface area (Å²) in [4.78, 5) is 0. The van der Waals surface area contributed by atoms with E-state index in [1.165, 1.54) is 49.4 Å². The van der Waals surface area contributed by atoms with Crippen molar-refractivity contribution in [3.8, 4) is 0 Å². The van der Waals surface area contributed by atoms with Gasteiger partial charge in [-0.3, -0.25) is 11.3 Å². The van der Waals surface area contributed by atoms with Crippen molar-refractivity contribution in [2.24, 2.45) is 17.7 Å². The fourth-order valence-corrected chi connectivity index (χ4v) is 6.24. The van der Waals surface area contributed by atoms with E-state index in [4.69, 9.17) is 5.84 Å². The van der Waals surface area contributed by atoms with Crippen molar-refractivity contribution in [2.45, 2.75) is 50.3 Å². The Balaban J connectivity index is 1.91. The number of rotatable bonds is 4. The van der Waals surface area contributed by atoms with Crippen molar-refractivity contribution in [1.82, 2.24) is 5.43 Å². The molecule has 17 heavy (non-hydrogen) atoms. The summed E-state index contributed by atoms with van der Waals surface area (Å²) >= 11 is 4.24. The number of nitrogens with one attached hydrogen (secondary N) is 1. The van der Waals surface area contributed by atoms with Gasteiger partial charge in [-0.25, -0.2) is 0 Å². The second-order valence-electron chi connectivity index (χ2n) is 5.38. The van der Waals surface area contributed by atoms with Crippen LogP contribution in [0.1, 0.15) is 39.0 Å². The van der Waals surface area contributed by atoms with Crippen molar-refractivity contribution in [3.63, 3.8) is 0 Å². The van der Waals surface area contributed by atoms with E-state index in [9.17, 15) is 0 Å². The van der Waals surface area contributed by atoms with E-state index in [2.05, 4.69) is 35.9 Å². The van der Waals surface area contributed by atoms with Gasteiger partial charge in [0.1, 0.15) is 0 Å². The minimum absolute atomic E-state index is 0.544. The van der Waals surface area contributed by atoms with Gasteiger partial charge in [-0.05, 0) is 24.7 Å². The summed E-state index contributed by atoms with van der Waals surface area (Å²) in [6.07, 6.45) is 6.98. The standard InChI is InChI=1S/C13H26N2S2/c1-2-10-4-3-5-11(8-10)13(15-14)12-9-16-6-7-17-12/h10-13,15H,2-9,14H2,1H3. The molecule has 4 unspecified atom stereocenters. The van der Waals surface area contributed by atoms with Gasteiger partial charge in [0.05, 0.1) is 0 Å². The van der Waals surface area contributed by atoms with Gasteiger partial charge in [-0.15, -0.1) is 0 Å². The van der Waals surface area contributed by atoms with Gasteiger partial charge >= 0.3 is 0 Å². The van der Waals surface area contributed by atoms with Crippen LogP contribution in [0.2, 0.25) is 0 Å². The first-order valence-corrected chi connectivity index (χ1v) is 9.21. The molecule has 2 nitrogen and oxygen atoms in total. The second kappa shape index (κ2) is 7.27. The molecule has 100 valence electrons. The molecule has 4 atom stereocenters. The molecule has 1 aliphatic heterocycles. The Morgan fingerprint density at radius 2 is 2.24 bits per heavy atom. The molecule has 1 aliphatic carbocycles. The van der Waals surface area contributed by atoms with Crippen LogP contribution >= 0.6 is 23.5 Å². The zero-order chi connectivity index (χ0) is 12.1. The maximum atomic E-state index is 5.85. The van der Waals surface area contributed by atoms with Crippen molar-refractivity contribution >= 4 is 23.5 Å². The van der Waals surface area contributed by atoms with Gasteiger partial charge in [0, 0.05) is 28.6 Å². The van der Waals surface area contributed by atoms with E-state index in [1.807, 2.05) is 0 Å². The summed E-state index contributed by atoms with van der Waals surface area (Å²) in [7, 11) is 0. The molecule has 0 spiro atoms. The van der Waals surface area contributed by atoms with E-state index in [0.717, 1.165) is 17.1 Å². The fraction of sp³-hybridized carbons (Fsp3) is 1.00. The third-order valence-electron chi connectivity index (χ3n) is 4.34. The van der Waals surface area contributed by atoms with E-state index >= 15 is 0 Å². The fourth-order valence-electron chi connectivity index (χ4n) is 3.29. The molecule has 0 radical (unpaired) electrons. The molecule has 0 aromatic carbocycles. The highest BCUT2D eigenvalue weighted by atomic mass is 32.2. The van der Waals surface area contributed by atoms with Gasteiger partial charge < -0.3 is 0 Å². The summed E-state index contributed by atoms with van der Waals surface area (Å²) in [6.45, 7) is 2.34. The SMILES string of the molecule is CCC1CCCC(C(NN)C2CSCCS2)C1. The average Bonchev–Trinajstić information content (AvgIpc) is 2.41. The predicted octanol–water partition coefficient (Wildman–Crippen LogP) is 2.88. The Kier molecular flexibility index (Phi) is 6.00. The molecule has 2 rings (SSSR count). The van der Waals surface area contributed by atoms with Crippen molar-refractivity contribution < 1.29 is 0 Å². The highest BCUT2D eigenvalue weighted by molar-refractivity contribution is 8.06. The van der Waals surface area contributed by atoms with Crippen LogP contribution in [0, 0.1) is 11.8 Å². The summed E-state index contributed by atoms with van der Waals surface area (Å²) in [5, 5.41) is 0.736. The Labute approximate surface area is 114 Å². The molecule has 1 saturated heterocycles. The lowest BCUT2D eigenvalue weighted by Crippen LogP contribution is -2.50. The number of thioether (sulfide) groups is 2. The van der Waals surface area contributed by atoms with Crippen molar-refractivity contribution in [1.29, 1.82) is 0 Å². The van der Waals surface area contributed by atoms with Crippen LogP contribution in [-0.4, -0.2) is 28.6 Å². The summed E-state index contributed by atoms with van der Waals surface area (Å²) in [6, 6.07) is 0.544. The number of nitrogens with two attached hydrogens (primary N) is 1. The van der Waals surface area contributed by atoms with Crippen LogP contribution in [0.5, 0.6) is 0 Å². The minimum atomic E-state index is 0.544. The van der Waals surface area contributed by atoms with Crippen LogP contribution in [0.25, 0.3) is 0 Å². The first-order valence-electron chi connectivity index (χ1n) is 7.00. The maximum Gasteiger partial charge on any atom is 0.0365 e. The molecule has 1 heterocycles. The Morgan fingerprint density at radius 1 is 1.35 bits per heavy atom. The lowest BCUT2D eigenvalue weighted by Gasteiger charge is -2.38. The quantitative estimate of drug-likeness (QED) is 0.611. The highest BCUT2D eigenvalue weighted by Gasteiger charge is 2.33. The molecular formula is C13H26N2S2. The van der Waals surface area contributed by atoms with Crippen LogP contribution < -0.4 is 11.3 Å². The molecular weight excluding hydrogens is 248 g/mol. The zero-order valence-electron chi connectivity index (χ0n) is 10.9. The van der Waals surface area contributed by atoms with Crippen molar-refractivity contribution in [3.05, 3.63) is 0 Å². The minimum Gasteiger partial charge on any atom is -0.271 e. The van der Waals surface area contributed by atoms with Gasteiger partial charge in [-0.1, -0.05) is 26.2 Å². The maximum absolute atomic E-state index is 5.85. The van der Waals surface area contributed by atoms with Gasteiger partial charge in [0.25, 0.3) is 0 Å². The largest absolute Gasteiger partial charge is 0.271 e. The highest BCUT2D eigenvalue weighted by Crippen LogP contribution is 2.37. The molecule has 0 bridgehead atoms. The monoisotopic (exact) mass is 274 g/mol. The molecule has 0 aromatic heterocycles. The number of hydrogen-bond acceptors (Lipinski definition) is 4. The summed E-state index contributed by atoms with van der Waals surface area (Å²) in [5.41, 5.74) is 3.15. The van der Waals surface area contributed by atoms with Gasteiger partial charge in [0.15, 0.2) is 0 Å². The lowest BCUT2D eigenvalue weighted by molar-refractivity contribution is 0.209. The first kappa shape index (κ1) is 14.0. The molecule has 2 aliphatic rings. The van der Waals surface area contributed by atoms with Crippen molar-refractivity contribution in [2.75, 3.05) is 17.3 Å². The Morgan fingerprint density at radius 3 is 2.88 bits per heavy atom. The summed E-state index contributed by atoms with van der Waals surface area (Å²) < 4.78 is 0. The predicted molar refractivity (Wildman–Crippen MR) is 80.4 cm³/mol. The lowest BCUT2D eigenvalue weighted by atomic mass is 9.76. The third-order valence-corrected chi connectivity index (χ3v) is 7.23. The number of hydrogen-bond donors (Lipinski definition) is 2. The van der Waals surface area contributed by atoms with Gasteiger partial charge in [-0.2, -0.15) is 23.5 Å². The Bertz CT molecular complexity index is 219. The number of hydrazine groups is 1. The molecule has 0 amide bonds. The third kappa shape index (κ3) is 3.79. The van der Waals surface area contributed by atoms with E-state index < -0.39 is 0 Å². The summed E-state index contributed by atoms with van der Waals surface area (Å²) in [5.74, 6) is 11.5. The van der Waals surface area contributed by atoms with E-state index in [-0.39, 0.29) is 0 Å². The molecule has 2 fully saturated rings. The molecule has 4 heteroatoms. The smallest absolute Gasteiger partial charge is 0.0365 e. The average molecular weight is 274 g/mol. The normalized spacial score (nSPS) is 36.7. The Hall–Kier alpha value is 0.620. The molecule has 1 saturated carbocycles. The van der Waals surface area contributed by atoms with Gasteiger partial charge in [0.2, 0.25) is 0 Å². The van der Waals surface area contributed by atoms with Crippen LogP contribution in [0.4, 0.5) is 0 Å². The van der Waals surface area contributed by atoms with Crippen LogP contribution in [0.15, 0.2) is 0 Å². The zero-order valence-corrected chi connectivity index (χ0v) is 12.5. The van der Waals surface area contributed by atoms with Crippen LogP contribution in [0.3, 0.4) is 0 Å². The molecule has 0 aromatic rings. The topological polar surface area (TPSA) is 38.0 Å². The first-order chi connectivity index (χ1) is 8.35. The van der Waals surface area contributed by atoms with Crippen LogP contribution in [-0.2, 0) is 0 Å². The van der Waals surface area contributed by atoms with E-state index in [1.54, 1.807) is 0 Å². The second-order valence-corrected chi connectivity index (χ2v) is 7.87. The van der Waals surface area contributed by atoms with E-state index in [0.29, 0.717) is 6.04 Å².